The van der Waals surface area contributed by atoms with Crippen LogP contribution in [0.2, 0.25) is 0 Å². The number of hydrogen-bond acceptors (Lipinski definition) is 18. The van der Waals surface area contributed by atoms with Crippen LogP contribution in [0.25, 0.3) is 0 Å². The molecule has 7 N–H and O–H groups in total. The number of benzene rings is 1. The Bertz CT molecular complexity index is 2310. The Morgan fingerprint density at radius 3 is 2.11 bits per heavy atom. The number of aliphatic hydroxyl groups is 1. The summed E-state index contributed by atoms with van der Waals surface area (Å²) in [6, 6.07) is -3.90. The third-order valence-corrected chi connectivity index (χ3v) is 14.6. The first-order valence-corrected chi connectivity index (χ1v) is 25.0. The Kier molecular flexibility index (Phi) is 21.7. The lowest BCUT2D eigenvalue weighted by molar-refractivity contribution is -0.388. The van der Waals surface area contributed by atoms with Gasteiger partial charge < -0.3 is 60.8 Å². The Labute approximate surface area is 418 Å². The Hall–Kier alpha value is -6.25. The van der Waals surface area contributed by atoms with Crippen molar-refractivity contribution >= 4 is 74.5 Å². The summed E-state index contributed by atoms with van der Waals surface area (Å²) in [5.41, 5.74) is 0.316. The number of pyridine rings is 1. The van der Waals surface area contributed by atoms with Crippen LogP contribution in [0.3, 0.4) is 0 Å². The highest BCUT2D eigenvalue weighted by Gasteiger charge is 2.45. The molecule has 0 saturated carbocycles. The Morgan fingerprint density at radius 2 is 1.52 bits per heavy atom. The molecule has 2 aliphatic rings. The summed E-state index contributed by atoms with van der Waals surface area (Å²) in [4.78, 5) is 124. The van der Waals surface area contributed by atoms with Gasteiger partial charge in [0.2, 0.25) is 41.2 Å². The van der Waals surface area contributed by atoms with Crippen LogP contribution in [0.5, 0.6) is 17.2 Å². The number of ether oxygens (including phenoxy) is 3. The first kappa shape index (κ1) is 57.3. The van der Waals surface area contributed by atoms with Crippen LogP contribution < -0.4 is 40.8 Å². The molecule has 71 heavy (non-hydrogen) atoms. The van der Waals surface area contributed by atoms with Crippen molar-refractivity contribution in [2.24, 2.45) is 5.92 Å². The second-order valence-electron chi connectivity index (χ2n) is 17.0. The second-order valence-corrected chi connectivity index (χ2v) is 19.1. The summed E-state index contributed by atoms with van der Waals surface area (Å²) >= 11 is 0. The highest BCUT2D eigenvalue weighted by molar-refractivity contribution is 8.76. The summed E-state index contributed by atoms with van der Waals surface area (Å²) in [5, 5.41) is 45.0. The molecule has 2 saturated heterocycles. The zero-order valence-corrected chi connectivity index (χ0v) is 42.4. The van der Waals surface area contributed by atoms with Crippen molar-refractivity contribution < 1.29 is 67.7 Å². The van der Waals surface area contributed by atoms with E-state index in [-0.39, 0.29) is 60.5 Å². The highest BCUT2D eigenvalue weighted by Crippen LogP contribution is 2.49. The van der Waals surface area contributed by atoms with E-state index in [2.05, 4.69) is 31.6 Å². The molecule has 2 aromatic rings. The van der Waals surface area contributed by atoms with Crippen LogP contribution in [0.15, 0.2) is 34.3 Å². The summed E-state index contributed by atoms with van der Waals surface area (Å²) < 4.78 is 16.9. The average Bonchev–Trinajstić information content (AvgIpc) is 4.06. The number of nitrogens with one attached hydrogen (secondary N) is 5. The number of amides is 6. The number of aromatic nitrogens is 1. The molecule has 6 amide bonds. The summed E-state index contributed by atoms with van der Waals surface area (Å²) in [6.07, 6.45) is 2.21. The fraction of sp³-hybridized carbons (Fsp3) is 0.578. The van der Waals surface area contributed by atoms with Crippen LogP contribution in [-0.2, 0) is 44.9 Å². The first-order chi connectivity index (χ1) is 33.7. The number of rotatable bonds is 26. The quantitative estimate of drug-likeness (QED) is 0.0397. The van der Waals surface area contributed by atoms with E-state index in [0.29, 0.717) is 35.5 Å². The van der Waals surface area contributed by atoms with Crippen LogP contribution in [0.1, 0.15) is 78.7 Å². The zero-order chi connectivity index (χ0) is 52.7. The number of Topliss-reactive ketones (excluding diaryl/α,β-unsaturated/α-hetero) is 1. The van der Waals surface area contributed by atoms with Crippen LogP contribution in [-0.4, -0.2) is 160 Å². The minimum absolute atomic E-state index is 0.00483. The van der Waals surface area contributed by atoms with E-state index >= 15 is 0 Å². The maximum Gasteiger partial charge on any atom is 0.305 e. The van der Waals surface area contributed by atoms with Crippen molar-refractivity contribution in [3.63, 3.8) is 0 Å². The summed E-state index contributed by atoms with van der Waals surface area (Å²) in [5.74, 6) is -5.83. The lowest BCUT2D eigenvalue weighted by Crippen LogP contribution is -2.60. The number of carbonyl (C=O) groups is 8. The van der Waals surface area contributed by atoms with E-state index in [0.717, 1.165) is 21.6 Å². The van der Waals surface area contributed by atoms with Crippen molar-refractivity contribution in [3.8, 4) is 17.2 Å². The number of aliphatic carboxylic acids is 1. The van der Waals surface area contributed by atoms with Crippen molar-refractivity contribution in [2.45, 2.75) is 132 Å². The number of likely N-dealkylation sites (tertiary alicyclic amines) is 2. The van der Waals surface area contributed by atoms with Crippen molar-refractivity contribution in [1.82, 2.24) is 41.4 Å². The molecule has 1 aromatic heterocycles. The number of aliphatic hydroxyl groups excluding tert-OH is 1. The van der Waals surface area contributed by atoms with Crippen LogP contribution in [0.4, 0.5) is 5.69 Å². The maximum absolute atomic E-state index is 14.1. The smallest absolute Gasteiger partial charge is 0.305 e. The van der Waals surface area contributed by atoms with Crippen molar-refractivity contribution in [2.75, 3.05) is 41.0 Å². The van der Waals surface area contributed by atoms with E-state index in [4.69, 9.17) is 14.2 Å². The molecule has 0 radical (unpaired) electrons. The molecule has 4 rings (SSSR count). The molecule has 3 heterocycles. The molecule has 24 nitrogen and oxygen atoms in total. The SMILES string of the molecule is CCC(C)[C@H](NC(=O)[C@H](C)NCc1c(SSc2ncccc2[N+](=O)[O-])cc(OC)c(OC)c1OC)C(=O)N[C@@H](CO)C(=O)N1CCC[C@H]1C(=O)N1CCC[C@H]1C(=O)N[C@@H](CC(=O)O)C(=O)N[C@@H](C)C(C)=O. The molecular formula is C45H63N9O15S2. The van der Waals surface area contributed by atoms with E-state index in [1.54, 1.807) is 26.8 Å². The predicted octanol–water partition coefficient (Wildman–Crippen LogP) is 1.34. The van der Waals surface area contributed by atoms with Gasteiger partial charge in [-0.05, 0) is 75.3 Å². The van der Waals surface area contributed by atoms with Crippen LogP contribution in [0, 0.1) is 16.0 Å². The zero-order valence-electron chi connectivity index (χ0n) is 40.8. The van der Waals surface area contributed by atoms with Gasteiger partial charge in [0.15, 0.2) is 22.3 Å². The topological polar surface area (TPSA) is 327 Å². The Balaban J connectivity index is 1.46. The van der Waals surface area contributed by atoms with Gasteiger partial charge in [-0.25, -0.2) is 4.98 Å². The van der Waals surface area contributed by atoms with Crippen LogP contribution >= 0.6 is 21.6 Å². The fourth-order valence-electron chi connectivity index (χ4n) is 7.93. The number of nitrogens with zero attached hydrogens (tertiary/aromatic N) is 4. The van der Waals surface area contributed by atoms with E-state index in [9.17, 15) is 58.7 Å². The first-order valence-electron chi connectivity index (χ1n) is 22.9. The Morgan fingerprint density at radius 1 is 0.859 bits per heavy atom. The fourth-order valence-corrected chi connectivity index (χ4v) is 10.2. The van der Waals surface area contributed by atoms with E-state index in [1.165, 1.54) is 63.3 Å². The molecule has 0 bridgehead atoms. The van der Waals surface area contributed by atoms with Crippen molar-refractivity contribution in [3.05, 3.63) is 40.1 Å². The molecule has 1 unspecified atom stereocenters. The van der Waals surface area contributed by atoms with Gasteiger partial charge in [0.1, 0.15) is 30.2 Å². The van der Waals surface area contributed by atoms with Crippen molar-refractivity contribution in [1.29, 1.82) is 0 Å². The van der Waals surface area contributed by atoms with Gasteiger partial charge in [-0.1, -0.05) is 31.1 Å². The number of carbonyl (C=O) groups excluding carboxylic acids is 7. The third kappa shape index (κ3) is 14.7. The molecule has 390 valence electrons. The monoisotopic (exact) mass is 1030 g/mol. The van der Waals surface area contributed by atoms with E-state index < -0.39 is 108 Å². The molecule has 2 aliphatic heterocycles. The molecule has 8 atom stereocenters. The molecule has 0 aliphatic carbocycles. The number of nitro groups is 1. The maximum atomic E-state index is 14.1. The highest BCUT2D eigenvalue weighted by atomic mass is 33.1. The third-order valence-electron chi connectivity index (χ3n) is 12.3. The number of carboxylic acids is 1. The number of methoxy groups -OCH3 is 3. The lowest BCUT2D eigenvalue weighted by Gasteiger charge is -2.33. The van der Waals surface area contributed by atoms with Gasteiger partial charge in [0.05, 0.1) is 51.4 Å². The van der Waals surface area contributed by atoms with Gasteiger partial charge >= 0.3 is 11.7 Å². The minimum Gasteiger partial charge on any atom is -0.493 e. The standard InChI is InChI=1S/C45H63N9O15S2/c1-9-23(2)36(51-39(59)25(4)47-21-27-34(20-33(67-6)38(69-8)37(27)68-7)70-71-43-31(54(65)66)13-10-16-46-43)42(62)50-29(22-55)44(63)53-18-12-15-32(53)45(64)52-17-11-14-30(52)41(61)49-28(19-35(57)58)40(60)48-24(3)26(5)56/h10,13,16,20,23-25,28-30,32,36,47,55H,9,11-12,14-15,17-19,21-22H2,1-8H3,(H,48,60)(H,49,61)(H,50,62)(H,51,59)(H,57,58)/t23?,24-,25-,28-,29-,30-,32-,36-/m0/s1. The number of ketones is 1. The molecule has 2 fully saturated rings. The second kappa shape index (κ2) is 26.8. The van der Waals surface area contributed by atoms with Gasteiger partial charge in [0.25, 0.3) is 0 Å². The summed E-state index contributed by atoms with van der Waals surface area (Å²) in [6.45, 7) is 7.08. The average molecular weight is 1030 g/mol. The summed E-state index contributed by atoms with van der Waals surface area (Å²) in [7, 11) is 6.45. The molecule has 0 spiro atoms. The predicted molar refractivity (Wildman–Crippen MR) is 257 cm³/mol. The van der Waals surface area contributed by atoms with Gasteiger partial charge in [-0.3, -0.25) is 48.5 Å². The number of carboxylic acid groups (broad SMARTS) is 1. The molecular weight excluding hydrogens is 971 g/mol. The van der Waals surface area contributed by atoms with Gasteiger partial charge in [-0.2, -0.15) is 0 Å². The molecule has 1 aromatic carbocycles. The largest absolute Gasteiger partial charge is 0.493 e. The molecule has 26 heteroatoms. The normalized spacial score (nSPS) is 17.9. The lowest BCUT2D eigenvalue weighted by atomic mass is 9.97. The van der Waals surface area contributed by atoms with E-state index in [1.807, 2.05) is 0 Å². The van der Waals surface area contributed by atoms with Gasteiger partial charge in [-0.15, -0.1) is 0 Å². The minimum atomic E-state index is -1.55. The number of hydrogen-bond donors (Lipinski definition) is 7. The van der Waals surface area contributed by atoms with Gasteiger partial charge in [0, 0.05) is 42.4 Å².